The number of carbonyl (C=O) groups is 4. The van der Waals surface area contributed by atoms with Crippen LogP contribution in [0.2, 0.25) is 0 Å². The molecule has 2 unspecified atom stereocenters. The Hall–Kier alpha value is -3.32. The Morgan fingerprint density at radius 1 is 1.06 bits per heavy atom. The molecule has 4 saturated carbocycles. The normalized spacial score (nSPS) is 31.0. The average Bonchev–Trinajstić information content (AvgIpc) is 3.66. The number of likely N-dealkylation sites (tertiary alicyclic amines) is 1. The van der Waals surface area contributed by atoms with Crippen molar-refractivity contribution in [2.24, 2.45) is 35.0 Å². The Morgan fingerprint density at radius 3 is 2.42 bits per heavy atom. The number of nitrogens with one attached hydrogen (secondary N) is 3. The Kier molecular flexibility index (Phi) is 11.5. The van der Waals surface area contributed by atoms with E-state index in [2.05, 4.69) is 53.3 Å². The van der Waals surface area contributed by atoms with Gasteiger partial charge in [0, 0.05) is 18.9 Å². The molecule has 6 fully saturated rings. The minimum Gasteiger partial charge on any atom is -0.404 e. The minimum atomic E-state index is -1.25. The summed E-state index contributed by atoms with van der Waals surface area (Å²) in [6.45, 7) is 18.7. The molecule has 0 aromatic carbocycles. The van der Waals surface area contributed by atoms with Crippen LogP contribution in [0, 0.1) is 35.0 Å². The van der Waals surface area contributed by atoms with E-state index < -0.39 is 48.1 Å². The second kappa shape index (κ2) is 15.4. The highest BCUT2D eigenvalue weighted by Crippen LogP contribution is 2.65. The summed E-state index contributed by atoms with van der Waals surface area (Å²) < 4.78 is 13.4. The molecule has 3 N–H and O–H groups in total. The van der Waals surface area contributed by atoms with Crippen LogP contribution in [0.25, 0.3) is 0 Å². The fraction of sp³-hybridized carbons (Fsp3) is 0.750. The molecule has 6 aliphatic rings. The lowest BCUT2D eigenvalue weighted by Crippen LogP contribution is -2.65. The second-order valence-electron chi connectivity index (χ2n) is 17.9. The molecule has 3 heterocycles. The molecule has 4 amide bonds. The fourth-order valence-electron chi connectivity index (χ4n) is 10.2. The zero-order valence-corrected chi connectivity index (χ0v) is 32.9. The summed E-state index contributed by atoms with van der Waals surface area (Å²) in [6, 6.07) is -1.64. The highest BCUT2D eigenvalue weighted by Gasteiger charge is 2.68. The van der Waals surface area contributed by atoms with Gasteiger partial charge in [0.05, 0.1) is 23.8 Å². The third kappa shape index (κ3) is 7.41. The predicted octanol–water partition coefficient (Wildman–Crippen LogP) is 4.64. The molecule has 12 nitrogen and oxygen atoms in total. The van der Waals surface area contributed by atoms with Crippen molar-refractivity contribution in [1.29, 1.82) is 0 Å². The van der Waals surface area contributed by atoms with Gasteiger partial charge in [-0.2, -0.15) is 0 Å². The Morgan fingerprint density at radius 2 is 1.79 bits per heavy atom. The topological polar surface area (TPSA) is 152 Å². The maximum atomic E-state index is 14.8. The van der Waals surface area contributed by atoms with Gasteiger partial charge in [0.1, 0.15) is 23.3 Å². The fourth-order valence-corrected chi connectivity index (χ4v) is 10.2. The lowest BCUT2D eigenvalue weighted by Gasteiger charge is -2.64. The van der Waals surface area contributed by atoms with Crippen molar-refractivity contribution in [2.75, 3.05) is 6.54 Å². The molecule has 290 valence electrons. The summed E-state index contributed by atoms with van der Waals surface area (Å²) in [5, 5.41) is 9.19. The molecule has 2 aliphatic heterocycles. The Balaban J connectivity index is 1.21. The number of aromatic nitrogens is 2. The largest absolute Gasteiger partial charge is 0.482 e. The molecular formula is C40H61BN6O6. The third-order valence-electron chi connectivity index (χ3n) is 13.8. The first-order chi connectivity index (χ1) is 25.1. The number of nitrogens with zero attached hydrogens (tertiary/aromatic N) is 3. The first-order valence-corrected chi connectivity index (χ1v) is 20.1. The molecule has 2 bridgehead atoms. The molecule has 0 spiro atoms. The van der Waals surface area contributed by atoms with Gasteiger partial charge in [-0.25, -0.2) is 4.98 Å². The molecule has 1 aromatic rings. The smallest absolute Gasteiger partial charge is 0.404 e. The molecule has 7 rings (SSSR count). The maximum absolute atomic E-state index is 14.8. The summed E-state index contributed by atoms with van der Waals surface area (Å²) in [7, 11) is -0.620. The SMILES string of the molecule is C=CC[C@H](NC(=O)[C@H](CC1CCCCC1)N1CCC(NC(=O)[C@@H](NC(=O)c2cnccn2)C(C)C)(C(C)C)C1=O)B1O[C@@H]2CC3C[C@H](C3(C)C)[C@]2(C)O1. The van der Waals surface area contributed by atoms with E-state index in [0.29, 0.717) is 43.6 Å². The summed E-state index contributed by atoms with van der Waals surface area (Å²) >= 11 is 0. The van der Waals surface area contributed by atoms with Crippen molar-refractivity contribution in [1.82, 2.24) is 30.8 Å². The lowest BCUT2D eigenvalue weighted by atomic mass is 9.43. The van der Waals surface area contributed by atoms with Crippen LogP contribution in [0.15, 0.2) is 31.2 Å². The van der Waals surface area contributed by atoms with E-state index >= 15 is 0 Å². The number of hydrogen-bond acceptors (Lipinski definition) is 8. The van der Waals surface area contributed by atoms with Gasteiger partial charge in [0.25, 0.3) is 5.91 Å². The molecular weight excluding hydrogens is 671 g/mol. The van der Waals surface area contributed by atoms with E-state index in [9.17, 15) is 19.2 Å². The monoisotopic (exact) mass is 732 g/mol. The Labute approximate surface area is 315 Å². The summed E-state index contributed by atoms with van der Waals surface area (Å²) in [6.07, 6.45) is 14.9. The molecule has 0 radical (unpaired) electrons. The van der Waals surface area contributed by atoms with Crippen LogP contribution in [0.1, 0.15) is 123 Å². The van der Waals surface area contributed by atoms with E-state index in [1.165, 1.54) is 25.0 Å². The summed E-state index contributed by atoms with van der Waals surface area (Å²) in [4.78, 5) is 66.1. The van der Waals surface area contributed by atoms with Crippen LogP contribution >= 0.6 is 0 Å². The number of hydrogen-bond donors (Lipinski definition) is 3. The highest BCUT2D eigenvalue weighted by atomic mass is 16.7. The first kappa shape index (κ1) is 39.4. The van der Waals surface area contributed by atoms with Gasteiger partial charge in [0.15, 0.2) is 0 Å². The molecule has 2 saturated heterocycles. The first-order valence-electron chi connectivity index (χ1n) is 20.1. The van der Waals surface area contributed by atoms with Crippen LogP contribution in [-0.2, 0) is 23.7 Å². The Bertz CT molecular complexity index is 1540. The van der Waals surface area contributed by atoms with Gasteiger partial charge in [-0.15, -0.1) is 6.58 Å². The van der Waals surface area contributed by atoms with Crippen molar-refractivity contribution in [3.63, 3.8) is 0 Å². The van der Waals surface area contributed by atoms with E-state index in [1.807, 2.05) is 27.7 Å². The van der Waals surface area contributed by atoms with Gasteiger partial charge >= 0.3 is 7.12 Å². The zero-order chi connectivity index (χ0) is 38.3. The second-order valence-corrected chi connectivity index (χ2v) is 17.9. The summed E-state index contributed by atoms with van der Waals surface area (Å²) in [5.74, 6) is -1.18. The molecule has 13 heteroatoms. The van der Waals surface area contributed by atoms with E-state index in [-0.39, 0.29) is 40.9 Å². The summed E-state index contributed by atoms with van der Waals surface area (Å²) in [5.41, 5.74) is -1.38. The standard InChI is InChI=1S/C40H61BN6O6/c1-9-13-32(41-52-31-22-27-21-30(38(27,6)7)39(31,8)53-41)44-35(49)29(20-26-14-11-10-12-15-26)47-19-16-40(25(4)5,37(47)51)46-36(50)33(24(2)3)45-34(48)28-23-42-17-18-43-28/h9,17-18,23-27,29-33H,1,10-16,19-22H2,2-8H3,(H,44,49)(H,45,48)(H,46,50)/t27?,29-,30+,31+,32-,33-,39-,40?/m0/s1. The minimum absolute atomic E-state index is 0.0259. The van der Waals surface area contributed by atoms with Crippen LogP contribution in [0.5, 0.6) is 0 Å². The van der Waals surface area contributed by atoms with E-state index in [4.69, 9.17) is 9.31 Å². The average molecular weight is 733 g/mol. The number of carbonyl (C=O) groups excluding carboxylic acids is 4. The third-order valence-corrected chi connectivity index (χ3v) is 13.8. The quantitative estimate of drug-likeness (QED) is 0.185. The van der Waals surface area contributed by atoms with E-state index in [1.54, 1.807) is 11.0 Å². The van der Waals surface area contributed by atoms with Gasteiger partial charge in [-0.1, -0.05) is 79.7 Å². The van der Waals surface area contributed by atoms with Crippen LogP contribution in [-0.4, -0.2) is 87.4 Å². The van der Waals surface area contributed by atoms with Crippen molar-refractivity contribution >= 4 is 30.7 Å². The zero-order valence-electron chi connectivity index (χ0n) is 32.9. The molecule has 4 aliphatic carbocycles. The van der Waals surface area contributed by atoms with Crippen molar-refractivity contribution in [2.45, 2.75) is 148 Å². The molecule has 1 aromatic heterocycles. The number of amides is 4. The van der Waals surface area contributed by atoms with Gasteiger partial charge in [0.2, 0.25) is 17.7 Å². The van der Waals surface area contributed by atoms with Crippen LogP contribution < -0.4 is 16.0 Å². The van der Waals surface area contributed by atoms with Crippen LogP contribution in [0.3, 0.4) is 0 Å². The highest BCUT2D eigenvalue weighted by molar-refractivity contribution is 6.48. The van der Waals surface area contributed by atoms with Gasteiger partial charge < -0.3 is 30.2 Å². The lowest BCUT2D eigenvalue weighted by molar-refractivity contribution is -0.199. The van der Waals surface area contributed by atoms with Crippen molar-refractivity contribution in [3.05, 3.63) is 36.9 Å². The van der Waals surface area contributed by atoms with Gasteiger partial charge in [-0.05, 0) is 74.0 Å². The van der Waals surface area contributed by atoms with Gasteiger partial charge in [-0.3, -0.25) is 24.2 Å². The predicted molar refractivity (Wildman–Crippen MR) is 202 cm³/mol. The molecule has 8 atom stereocenters. The number of rotatable bonds is 14. The molecule has 53 heavy (non-hydrogen) atoms. The van der Waals surface area contributed by atoms with E-state index in [0.717, 1.165) is 38.5 Å². The van der Waals surface area contributed by atoms with Crippen molar-refractivity contribution in [3.8, 4) is 0 Å². The maximum Gasteiger partial charge on any atom is 0.482 e. The van der Waals surface area contributed by atoms with Crippen molar-refractivity contribution < 1.29 is 28.5 Å². The van der Waals surface area contributed by atoms with Crippen LogP contribution in [0.4, 0.5) is 0 Å².